The first-order valence-electron chi connectivity index (χ1n) is 6.64. The monoisotopic (exact) mass is 320 g/mol. The van der Waals surface area contributed by atoms with Gasteiger partial charge < -0.3 is 15.4 Å². The zero-order valence-corrected chi connectivity index (χ0v) is 13.3. The number of nitrogens with one attached hydrogen (secondary N) is 2. The zero-order valence-electron chi connectivity index (χ0n) is 11.7. The molecule has 5 heteroatoms. The Morgan fingerprint density at radius 3 is 2.67 bits per heavy atom. The maximum absolute atomic E-state index is 6.04. The average Bonchev–Trinajstić information content (AvgIpc) is 2.48. The molecule has 0 atom stereocenters. The van der Waals surface area contributed by atoms with Crippen LogP contribution in [-0.2, 0) is 0 Å². The van der Waals surface area contributed by atoms with Crippen molar-refractivity contribution in [2.75, 3.05) is 18.5 Å². The molecule has 0 radical (unpaired) electrons. The Labute approximate surface area is 135 Å². The summed E-state index contributed by atoms with van der Waals surface area (Å²) in [5.41, 5.74) is 2.00. The molecular weight excluding hydrogens is 304 g/mol. The van der Waals surface area contributed by atoms with Crippen molar-refractivity contribution in [3.05, 3.63) is 59.1 Å². The maximum atomic E-state index is 6.04. The lowest BCUT2D eigenvalue weighted by molar-refractivity contribution is 0.322. The van der Waals surface area contributed by atoms with E-state index in [0.717, 1.165) is 17.0 Å². The van der Waals surface area contributed by atoms with Crippen LogP contribution < -0.4 is 15.4 Å². The van der Waals surface area contributed by atoms with Crippen LogP contribution in [0.25, 0.3) is 0 Å². The molecule has 2 N–H and O–H groups in total. The van der Waals surface area contributed by atoms with Gasteiger partial charge in [0.2, 0.25) is 0 Å². The molecule has 0 spiro atoms. The SMILES string of the molecule is Cc1ccc(OCCNC(=S)Nc2ccccc2)cc1Cl. The lowest BCUT2D eigenvalue weighted by atomic mass is 10.2. The first-order valence-corrected chi connectivity index (χ1v) is 7.42. The van der Waals surface area contributed by atoms with Crippen LogP contribution in [-0.4, -0.2) is 18.3 Å². The number of benzene rings is 2. The van der Waals surface area contributed by atoms with E-state index in [0.29, 0.717) is 23.3 Å². The summed E-state index contributed by atoms with van der Waals surface area (Å²) in [6.07, 6.45) is 0. The van der Waals surface area contributed by atoms with Crippen molar-refractivity contribution in [1.29, 1.82) is 0 Å². The molecule has 0 fully saturated rings. The number of para-hydroxylation sites is 1. The Hall–Kier alpha value is -1.78. The predicted molar refractivity (Wildman–Crippen MR) is 92.3 cm³/mol. The average molecular weight is 321 g/mol. The van der Waals surface area contributed by atoms with E-state index < -0.39 is 0 Å². The standard InChI is InChI=1S/C16H17ClN2OS/c1-12-7-8-14(11-15(12)17)20-10-9-18-16(21)19-13-5-3-2-4-6-13/h2-8,11H,9-10H2,1H3,(H2,18,19,21). The van der Waals surface area contributed by atoms with Crippen LogP contribution in [0.5, 0.6) is 5.75 Å². The molecule has 0 saturated carbocycles. The van der Waals surface area contributed by atoms with Gasteiger partial charge in [-0.3, -0.25) is 0 Å². The van der Waals surface area contributed by atoms with Gasteiger partial charge in [-0.05, 0) is 49.0 Å². The second-order valence-corrected chi connectivity index (χ2v) is 5.32. The van der Waals surface area contributed by atoms with Crippen LogP contribution in [0.2, 0.25) is 5.02 Å². The first-order chi connectivity index (χ1) is 10.1. The number of ether oxygens (including phenoxy) is 1. The third-order valence-electron chi connectivity index (χ3n) is 2.83. The molecule has 3 nitrogen and oxygen atoms in total. The fraction of sp³-hybridized carbons (Fsp3) is 0.188. The highest BCUT2D eigenvalue weighted by molar-refractivity contribution is 7.80. The van der Waals surface area contributed by atoms with Crippen LogP contribution in [0, 0.1) is 6.92 Å². The molecular formula is C16H17ClN2OS. The number of aryl methyl sites for hydroxylation is 1. The van der Waals surface area contributed by atoms with Crippen LogP contribution >= 0.6 is 23.8 Å². The summed E-state index contributed by atoms with van der Waals surface area (Å²) in [7, 11) is 0. The van der Waals surface area contributed by atoms with Gasteiger partial charge in [-0.1, -0.05) is 35.9 Å². The van der Waals surface area contributed by atoms with E-state index in [9.17, 15) is 0 Å². The summed E-state index contributed by atoms with van der Waals surface area (Å²) in [6.45, 7) is 3.08. The lowest BCUT2D eigenvalue weighted by Crippen LogP contribution is -2.31. The Bertz CT molecular complexity index is 604. The van der Waals surface area contributed by atoms with Crippen LogP contribution in [0.4, 0.5) is 5.69 Å². The molecule has 2 rings (SSSR count). The Morgan fingerprint density at radius 2 is 1.95 bits per heavy atom. The van der Waals surface area contributed by atoms with Gasteiger partial charge in [0.15, 0.2) is 5.11 Å². The molecule has 0 aliphatic rings. The van der Waals surface area contributed by atoms with E-state index in [1.165, 1.54) is 0 Å². The van der Waals surface area contributed by atoms with Gasteiger partial charge in [0.25, 0.3) is 0 Å². The number of thiocarbonyl (C=S) groups is 1. The second kappa shape index (κ2) is 7.86. The normalized spacial score (nSPS) is 10.0. The molecule has 0 saturated heterocycles. The molecule has 0 bridgehead atoms. The van der Waals surface area contributed by atoms with Crippen LogP contribution in [0.3, 0.4) is 0 Å². The molecule has 0 amide bonds. The minimum atomic E-state index is 0.510. The third-order valence-corrected chi connectivity index (χ3v) is 3.48. The molecule has 0 aliphatic carbocycles. The number of hydrogen-bond donors (Lipinski definition) is 2. The second-order valence-electron chi connectivity index (χ2n) is 4.51. The summed E-state index contributed by atoms with van der Waals surface area (Å²) in [5.74, 6) is 0.759. The van der Waals surface area contributed by atoms with Crippen molar-refractivity contribution >= 4 is 34.6 Å². The topological polar surface area (TPSA) is 33.3 Å². The highest BCUT2D eigenvalue weighted by Gasteiger charge is 2.00. The Balaban J connectivity index is 1.69. The number of halogens is 1. The van der Waals surface area contributed by atoms with E-state index in [1.54, 1.807) is 0 Å². The van der Waals surface area contributed by atoms with Gasteiger partial charge in [-0.2, -0.15) is 0 Å². The van der Waals surface area contributed by atoms with Gasteiger partial charge >= 0.3 is 0 Å². The Morgan fingerprint density at radius 1 is 1.19 bits per heavy atom. The zero-order chi connectivity index (χ0) is 15.1. The van der Waals surface area contributed by atoms with Gasteiger partial charge in [0, 0.05) is 10.7 Å². The minimum Gasteiger partial charge on any atom is -0.492 e. The maximum Gasteiger partial charge on any atom is 0.170 e. The van der Waals surface area contributed by atoms with E-state index >= 15 is 0 Å². The van der Waals surface area contributed by atoms with E-state index in [2.05, 4.69) is 10.6 Å². The van der Waals surface area contributed by atoms with Crippen molar-refractivity contribution < 1.29 is 4.74 Å². The first kappa shape index (κ1) is 15.6. The molecule has 0 unspecified atom stereocenters. The lowest BCUT2D eigenvalue weighted by Gasteiger charge is -2.11. The summed E-state index contributed by atoms with van der Waals surface area (Å²) < 4.78 is 5.61. The van der Waals surface area contributed by atoms with Crippen molar-refractivity contribution in [2.24, 2.45) is 0 Å². The van der Waals surface area contributed by atoms with Gasteiger partial charge in [-0.25, -0.2) is 0 Å². The van der Waals surface area contributed by atoms with E-state index in [4.69, 9.17) is 28.6 Å². The molecule has 2 aromatic rings. The summed E-state index contributed by atoms with van der Waals surface area (Å²) in [6, 6.07) is 15.4. The summed E-state index contributed by atoms with van der Waals surface area (Å²) in [4.78, 5) is 0. The quantitative estimate of drug-likeness (QED) is 0.644. The van der Waals surface area contributed by atoms with Gasteiger partial charge in [0.05, 0.1) is 6.54 Å². The molecule has 0 heterocycles. The molecule has 110 valence electrons. The van der Waals surface area contributed by atoms with Gasteiger partial charge in [-0.15, -0.1) is 0 Å². The van der Waals surface area contributed by atoms with Crippen LogP contribution in [0.15, 0.2) is 48.5 Å². The summed E-state index contributed by atoms with van der Waals surface area (Å²) in [5, 5.41) is 7.48. The number of rotatable bonds is 5. The molecule has 0 aromatic heterocycles. The minimum absolute atomic E-state index is 0.510. The number of anilines is 1. The number of hydrogen-bond acceptors (Lipinski definition) is 2. The fourth-order valence-electron chi connectivity index (χ4n) is 1.69. The largest absolute Gasteiger partial charge is 0.492 e. The van der Waals surface area contributed by atoms with Crippen molar-refractivity contribution in [2.45, 2.75) is 6.92 Å². The molecule has 21 heavy (non-hydrogen) atoms. The van der Waals surface area contributed by atoms with E-state index in [1.807, 2.05) is 55.5 Å². The highest BCUT2D eigenvalue weighted by atomic mass is 35.5. The van der Waals surface area contributed by atoms with Crippen LogP contribution in [0.1, 0.15) is 5.56 Å². The van der Waals surface area contributed by atoms with E-state index in [-0.39, 0.29) is 0 Å². The fourth-order valence-corrected chi connectivity index (χ4v) is 2.08. The third kappa shape index (κ3) is 5.25. The van der Waals surface area contributed by atoms with Crippen molar-refractivity contribution in [3.8, 4) is 5.75 Å². The van der Waals surface area contributed by atoms with Gasteiger partial charge in [0.1, 0.15) is 12.4 Å². The molecule has 2 aromatic carbocycles. The highest BCUT2D eigenvalue weighted by Crippen LogP contribution is 2.21. The summed E-state index contributed by atoms with van der Waals surface area (Å²) >= 11 is 11.2. The Kier molecular flexibility index (Phi) is 5.84. The van der Waals surface area contributed by atoms with Crippen molar-refractivity contribution in [1.82, 2.24) is 5.32 Å². The van der Waals surface area contributed by atoms with Crippen molar-refractivity contribution in [3.63, 3.8) is 0 Å². The smallest absolute Gasteiger partial charge is 0.170 e. The predicted octanol–water partition coefficient (Wildman–Crippen LogP) is 4.01. The molecule has 0 aliphatic heterocycles.